The molecule has 162 valence electrons. The molecule has 0 aliphatic rings. The van der Waals surface area contributed by atoms with Crippen molar-refractivity contribution in [1.29, 1.82) is 5.26 Å². The minimum atomic E-state index is -0.480. The predicted octanol–water partition coefficient (Wildman–Crippen LogP) is 6.39. The highest BCUT2D eigenvalue weighted by Gasteiger charge is 2.15. The van der Waals surface area contributed by atoms with E-state index in [0.717, 1.165) is 14.7 Å². The van der Waals surface area contributed by atoms with Gasteiger partial charge in [-0.15, -0.1) is 0 Å². The van der Waals surface area contributed by atoms with Gasteiger partial charge in [-0.2, -0.15) is 5.26 Å². The third kappa shape index (κ3) is 6.02. The van der Waals surface area contributed by atoms with E-state index in [0.29, 0.717) is 27.8 Å². The number of carbonyl (C=O) groups is 1. The zero-order chi connectivity index (χ0) is 23.1. The second kappa shape index (κ2) is 11.0. The molecule has 3 aromatic rings. The molecule has 0 radical (unpaired) electrons. The predicted molar refractivity (Wildman–Crippen MR) is 135 cm³/mol. The van der Waals surface area contributed by atoms with Crippen molar-refractivity contribution in [1.82, 2.24) is 0 Å². The van der Waals surface area contributed by atoms with E-state index in [2.05, 4.69) is 27.9 Å². The first-order valence-electron chi connectivity index (χ1n) is 9.65. The Morgan fingerprint density at radius 3 is 2.66 bits per heavy atom. The van der Waals surface area contributed by atoms with E-state index >= 15 is 0 Å². The monoisotopic (exact) mass is 558 g/mol. The molecule has 5 nitrogen and oxygen atoms in total. The molecule has 0 saturated carbocycles. The lowest BCUT2D eigenvalue weighted by Gasteiger charge is -2.14. The molecule has 0 saturated heterocycles. The number of nitriles is 1. The van der Waals surface area contributed by atoms with Crippen LogP contribution in [-0.4, -0.2) is 13.0 Å². The van der Waals surface area contributed by atoms with Crippen LogP contribution >= 0.6 is 34.2 Å². The second-order valence-corrected chi connectivity index (χ2v) is 8.48. The molecule has 1 amide bonds. The molecular weight excluding hydrogens is 539 g/mol. The van der Waals surface area contributed by atoms with Gasteiger partial charge in [0.25, 0.3) is 5.91 Å². The summed E-state index contributed by atoms with van der Waals surface area (Å²) in [6, 6.07) is 20.4. The van der Waals surface area contributed by atoms with E-state index in [-0.39, 0.29) is 12.2 Å². The van der Waals surface area contributed by atoms with Gasteiger partial charge >= 0.3 is 0 Å². The highest BCUT2D eigenvalue weighted by atomic mass is 127. The van der Waals surface area contributed by atoms with Crippen molar-refractivity contribution < 1.29 is 14.3 Å². The molecule has 0 bridgehead atoms. The molecule has 3 aromatic carbocycles. The topological polar surface area (TPSA) is 71.3 Å². The average Bonchev–Trinajstić information content (AvgIpc) is 2.77. The summed E-state index contributed by atoms with van der Waals surface area (Å²) >= 11 is 8.34. The van der Waals surface area contributed by atoms with E-state index in [1.165, 1.54) is 13.2 Å². The summed E-state index contributed by atoms with van der Waals surface area (Å²) in [7, 11) is 1.54. The molecule has 0 unspecified atom stereocenters. The Labute approximate surface area is 205 Å². The van der Waals surface area contributed by atoms with Crippen molar-refractivity contribution in [3.05, 3.63) is 91.5 Å². The van der Waals surface area contributed by atoms with Gasteiger partial charge in [-0.05, 0) is 77.0 Å². The van der Waals surface area contributed by atoms with Gasteiger partial charge in [0.15, 0.2) is 11.5 Å². The van der Waals surface area contributed by atoms with Crippen LogP contribution in [0, 0.1) is 21.8 Å². The van der Waals surface area contributed by atoms with Gasteiger partial charge in [0, 0.05) is 16.3 Å². The number of methoxy groups -OCH3 is 1. The third-order valence-corrected chi connectivity index (χ3v) is 5.70. The van der Waals surface area contributed by atoms with E-state index in [4.69, 9.17) is 21.1 Å². The number of aryl methyl sites for hydroxylation is 1. The first-order valence-corrected chi connectivity index (χ1v) is 11.1. The van der Waals surface area contributed by atoms with Crippen LogP contribution in [0.1, 0.15) is 16.7 Å². The molecule has 32 heavy (non-hydrogen) atoms. The molecule has 0 aliphatic carbocycles. The van der Waals surface area contributed by atoms with Gasteiger partial charge in [-0.3, -0.25) is 4.79 Å². The van der Waals surface area contributed by atoms with E-state index < -0.39 is 5.91 Å². The highest BCUT2D eigenvalue weighted by Crippen LogP contribution is 2.35. The van der Waals surface area contributed by atoms with Crippen LogP contribution < -0.4 is 14.8 Å². The van der Waals surface area contributed by atoms with Crippen LogP contribution in [0.25, 0.3) is 6.08 Å². The molecule has 0 fully saturated rings. The Morgan fingerprint density at radius 2 is 1.97 bits per heavy atom. The number of anilines is 1. The van der Waals surface area contributed by atoms with Crippen molar-refractivity contribution in [2.45, 2.75) is 13.5 Å². The number of nitrogens with one attached hydrogen (secondary N) is 1. The quantitative estimate of drug-likeness (QED) is 0.207. The number of carbonyl (C=O) groups excluding carboxylic acids is 1. The summed E-state index contributed by atoms with van der Waals surface area (Å²) in [6.07, 6.45) is 1.52. The largest absolute Gasteiger partial charge is 0.493 e. The van der Waals surface area contributed by atoms with Crippen molar-refractivity contribution in [2.75, 3.05) is 12.4 Å². The van der Waals surface area contributed by atoms with Gasteiger partial charge in [-0.25, -0.2) is 0 Å². The lowest BCUT2D eigenvalue weighted by atomic mass is 10.1. The van der Waals surface area contributed by atoms with Crippen LogP contribution in [0.15, 0.2) is 66.2 Å². The van der Waals surface area contributed by atoms with Crippen LogP contribution in [-0.2, 0) is 11.4 Å². The Hall–Kier alpha value is -3.02. The van der Waals surface area contributed by atoms with E-state index in [1.54, 1.807) is 12.1 Å². The minimum absolute atomic E-state index is 0.0194. The van der Waals surface area contributed by atoms with E-state index in [1.807, 2.05) is 61.5 Å². The van der Waals surface area contributed by atoms with Gasteiger partial charge in [0.1, 0.15) is 18.2 Å². The van der Waals surface area contributed by atoms with Crippen molar-refractivity contribution >= 4 is 51.9 Å². The number of rotatable bonds is 7. The number of nitrogens with zero attached hydrogens (tertiary/aromatic N) is 1. The fourth-order valence-electron chi connectivity index (χ4n) is 2.97. The van der Waals surface area contributed by atoms with Crippen LogP contribution in [0.5, 0.6) is 11.5 Å². The van der Waals surface area contributed by atoms with E-state index in [9.17, 15) is 10.1 Å². The second-order valence-electron chi connectivity index (χ2n) is 6.91. The van der Waals surface area contributed by atoms with Gasteiger partial charge in [0.05, 0.1) is 10.7 Å². The van der Waals surface area contributed by atoms with Gasteiger partial charge in [0.2, 0.25) is 0 Å². The highest BCUT2D eigenvalue weighted by molar-refractivity contribution is 14.1. The molecule has 0 aromatic heterocycles. The Morgan fingerprint density at radius 1 is 1.19 bits per heavy atom. The number of ether oxygens (including phenoxy) is 2. The van der Waals surface area contributed by atoms with Crippen LogP contribution in [0.3, 0.4) is 0 Å². The summed E-state index contributed by atoms with van der Waals surface area (Å²) in [5, 5.41) is 12.9. The maximum Gasteiger partial charge on any atom is 0.266 e. The number of halogens is 2. The summed E-state index contributed by atoms with van der Waals surface area (Å²) in [5.41, 5.74) is 3.13. The maximum atomic E-state index is 12.6. The molecular formula is C25H20ClIN2O3. The molecule has 0 aliphatic heterocycles. The Kier molecular flexibility index (Phi) is 8.14. The fourth-order valence-corrected chi connectivity index (χ4v) is 3.94. The first kappa shape index (κ1) is 23.6. The minimum Gasteiger partial charge on any atom is -0.493 e. The molecule has 1 N–H and O–H groups in total. The molecule has 3 rings (SSSR count). The van der Waals surface area contributed by atoms with Gasteiger partial charge in [-0.1, -0.05) is 41.9 Å². The lowest BCUT2D eigenvalue weighted by molar-refractivity contribution is -0.112. The molecule has 0 heterocycles. The number of benzene rings is 3. The summed E-state index contributed by atoms with van der Waals surface area (Å²) in [5.74, 6) is 0.575. The SMILES string of the molecule is COc1cc(/C=C(/C#N)C(=O)Nc2cccc(C)c2)cc(I)c1OCc1ccccc1Cl. The Balaban J connectivity index is 1.83. The van der Waals surface area contributed by atoms with Crippen molar-refractivity contribution in [3.8, 4) is 17.6 Å². The zero-order valence-electron chi connectivity index (χ0n) is 17.5. The first-order chi connectivity index (χ1) is 15.4. The number of hydrogen-bond donors (Lipinski definition) is 1. The fraction of sp³-hybridized carbons (Fsp3) is 0.120. The molecule has 7 heteroatoms. The van der Waals surface area contributed by atoms with Gasteiger partial charge < -0.3 is 14.8 Å². The zero-order valence-corrected chi connectivity index (χ0v) is 20.4. The average molecular weight is 559 g/mol. The summed E-state index contributed by atoms with van der Waals surface area (Å²) in [4.78, 5) is 12.6. The molecule has 0 atom stereocenters. The summed E-state index contributed by atoms with van der Waals surface area (Å²) in [6.45, 7) is 2.21. The third-order valence-electron chi connectivity index (χ3n) is 4.53. The van der Waals surface area contributed by atoms with Crippen LogP contribution in [0.2, 0.25) is 5.02 Å². The standard InChI is InChI=1S/C25H20ClIN2O3/c1-16-6-5-8-20(10-16)29-25(30)19(14-28)11-17-12-22(27)24(23(13-17)31-2)32-15-18-7-3-4-9-21(18)26/h3-13H,15H2,1-2H3,(H,29,30)/b19-11-. The number of amides is 1. The smallest absolute Gasteiger partial charge is 0.266 e. The lowest BCUT2D eigenvalue weighted by Crippen LogP contribution is -2.13. The van der Waals surface area contributed by atoms with Crippen molar-refractivity contribution in [2.24, 2.45) is 0 Å². The van der Waals surface area contributed by atoms with Crippen molar-refractivity contribution in [3.63, 3.8) is 0 Å². The maximum absolute atomic E-state index is 12.6. The number of hydrogen-bond acceptors (Lipinski definition) is 4. The van der Waals surface area contributed by atoms with Crippen LogP contribution in [0.4, 0.5) is 5.69 Å². The normalized spacial score (nSPS) is 10.9. The molecule has 0 spiro atoms. The summed E-state index contributed by atoms with van der Waals surface area (Å²) < 4.78 is 12.2. The Bertz CT molecular complexity index is 1220.